The molecule has 8 heavy (non-hydrogen) atoms. The van der Waals surface area contributed by atoms with Gasteiger partial charge in [0.1, 0.15) is 0 Å². The fourth-order valence-corrected chi connectivity index (χ4v) is 1.37. The molecule has 0 aromatic carbocycles. The SMILES string of the molecule is C=C1CC(CCC)C1. The maximum atomic E-state index is 3.89. The fraction of sp³-hybridized carbons (Fsp3) is 0.750. The minimum absolute atomic E-state index is 1.01. The number of hydrogen-bond donors (Lipinski definition) is 0. The van der Waals surface area contributed by atoms with Gasteiger partial charge >= 0.3 is 0 Å². The van der Waals surface area contributed by atoms with Crippen LogP contribution in [0.5, 0.6) is 0 Å². The van der Waals surface area contributed by atoms with E-state index in [1.54, 1.807) is 0 Å². The second-order valence-electron chi connectivity index (χ2n) is 2.81. The molecular weight excluding hydrogens is 96.1 g/mol. The summed E-state index contributed by atoms with van der Waals surface area (Å²) < 4.78 is 0. The van der Waals surface area contributed by atoms with Crippen LogP contribution in [0.15, 0.2) is 12.2 Å². The molecule has 1 saturated carbocycles. The van der Waals surface area contributed by atoms with Crippen LogP contribution >= 0.6 is 0 Å². The molecule has 0 saturated heterocycles. The highest BCUT2D eigenvalue weighted by Gasteiger charge is 2.19. The quantitative estimate of drug-likeness (QED) is 0.479. The molecule has 0 aliphatic heterocycles. The molecule has 0 radical (unpaired) electrons. The molecule has 1 aliphatic carbocycles. The first-order chi connectivity index (χ1) is 3.83. The highest BCUT2D eigenvalue weighted by molar-refractivity contribution is 5.07. The summed E-state index contributed by atoms with van der Waals surface area (Å²) in [5.41, 5.74) is 1.46. The van der Waals surface area contributed by atoms with Gasteiger partial charge in [-0.3, -0.25) is 0 Å². The summed E-state index contributed by atoms with van der Waals surface area (Å²) in [5.74, 6) is 1.01. The first kappa shape index (κ1) is 5.87. The van der Waals surface area contributed by atoms with Crippen molar-refractivity contribution in [1.29, 1.82) is 0 Å². The second kappa shape index (κ2) is 2.34. The monoisotopic (exact) mass is 110 g/mol. The topological polar surface area (TPSA) is 0 Å². The average Bonchev–Trinajstić information content (AvgIpc) is 1.64. The third-order valence-corrected chi connectivity index (χ3v) is 1.85. The predicted molar refractivity (Wildman–Crippen MR) is 36.8 cm³/mol. The molecule has 0 aromatic heterocycles. The van der Waals surface area contributed by atoms with Crippen molar-refractivity contribution in [2.45, 2.75) is 32.6 Å². The van der Waals surface area contributed by atoms with E-state index in [4.69, 9.17) is 0 Å². The van der Waals surface area contributed by atoms with Crippen LogP contribution < -0.4 is 0 Å². The Bertz CT molecular complexity index is 84.2. The molecular formula is C8H14. The van der Waals surface area contributed by atoms with Crippen LogP contribution in [0, 0.1) is 5.92 Å². The van der Waals surface area contributed by atoms with Crippen molar-refractivity contribution in [2.24, 2.45) is 5.92 Å². The minimum Gasteiger partial charge on any atom is -0.0998 e. The third kappa shape index (κ3) is 1.12. The van der Waals surface area contributed by atoms with E-state index in [1.807, 2.05) is 0 Å². The molecule has 46 valence electrons. The number of allylic oxidation sites excluding steroid dienone is 1. The summed E-state index contributed by atoms with van der Waals surface area (Å²) in [6.07, 6.45) is 5.39. The van der Waals surface area contributed by atoms with Gasteiger partial charge in [-0.1, -0.05) is 31.9 Å². The first-order valence-corrected chi connectivity index (χ1v) is 3.49. The number of rotatable bonds is 2. The number of hydrogen-bond acceptors (Lipinski definition) is 0. The molecule has 0 heteroatoms. The molecule has 0 heterocycles. The van der Waals surface area contributed by atoms with Gasteiger partial charge in [0, 0.05) is 0 Å². The predicted octanol–water partition coefficient (Wildman–Crippen LogP) is 2.75. The summed E-state index contributed by atoms with van der Waals surface area (Å²) in [7, 11) is 0. The lowest BCUT2D eigenvalue weighted by molar-refractivity contribution is 0.387. The van der Waals surface area contributed by atoms with Gasteiger partial charge in [0.15, 0.2) is 0 Å². The van der Waals surface area contributed by atoms with E-state index in [1.165, 1.54) is 31.3 Å². The Morgan fingerprint density at radius 3 is 2.62 bits per heavy atom. The maximum Gasteiger partial charge on any atom is -0.0291 e. The van der Waals surface area contributed by atoms with Crippen LogP contribution in [-0.4, -0.2) is 0 Å². The van der Waals surface area contributed by atoms with Gasteiger partial charge in [-0.15, -0.1) is 0 Å². The molecule has 1 fully saturated rings. The van der Waals surface area contributed by atoms with Crippen molar-refractivity contribution < 1.29 is 0 Å². The van der Waals surface area contributed by atoms with Crippen molar-refractivity contribution in [3.8, 4) is 0 Å². The molecule has 0 amide bonds. The van der Waals surface area contributed by atoms with Crippen molar-refractivity contribution >= 4 is 0 Å². The van der Waals surface area contributed by atoms with Crippen LogP contribution in [0.1, 0.15) is 32.6 Å². The summed E-state index contributed by atoms with van der Waals surface area (Å²) in [4.78, 5) is 0. The van der Waals surface area contributed by atoms with Gasteiger partial charge in [0.05, 0.1) is 0 Å². The normalized spacial score (nSPS) is 20.9. The zero-order valence-corrected chi connectivity index (χ0v) is 5.61. The highest BCUT2D eigenvalue weighted by atomic mass is 14.2. The Balaban J connectivity index is 2.06. The molecule has 0 aromatic rings. The van der Waals surface area contributed by atoms with Crippen molar-refractivity contribution in [3.63, 3.8) is 0 Å². The van der Waals surface area contributed by atoms with Gasteiger partial charge in [0.25, 0.3) is 0 Å². The molecule has 1 rings (SSSR count). The van der Waals surface area contributed by atoms with E-state index in [0.717, 1.165) is 5.92 Å². The largest absolute Gasteiger partial charge is 0.0998 e. The Kier molecular flexibility index (Phi) is 1.72. The molecule has 0 spiro atoms. The summed E-state index contributed by atoms with van der Waals surface area (Å²) in [5, 5.41) is 0. The molecule has 0 unspecified atom stereocenters. The van der Waals surface area contributed by atoms with Crippen molar-refractivity contribution in [1.82, 2.24) is 0 Å². The van der Waals surface area contributed by atoms with Crippen LogP contribution in [-0.2, 0) is 0 Å². The van der Waals surface area contributed by atoms with Crippen LogP contribution in [0.25, 0.3) is 0 Å². The van der Waals surface area contributed by atoms with Crippen LogP contribution in [0.3, 0.4) is 0 Å². The lowest BCUT2D eigenvalue weighted by atomic mass is 9.78. The molecule has 1 aliphatic rings. The van der Waals surface area contributed by atoms with E-state index in [0.29, 0.717) is 0 Å². The molecule has 0 nitrogen and oxygen atoms in total. The smallest absolute Gasteiger partial charge is 0.0291 e. The Hall–Kier alpha value is -0.260. The summed E-state index contributed by atoms with van der Waals surface area (Å²) in [6, 6.07) is 0. The Morgan fingerprint density at radius 1 is 1.62 bits per heavy atom. The summed E-state index contributed by atoms with van der Waals surface area (Å²) >= 11 is 0. The van der Waals surface area contributed by atoms with Gasteiger partial charge in [-0.2, -0.15) is 0 Å². The lowest BCUT2D eigenvalue weighted by Gasteiger charge is -2.27. The average molecular weight is 110 g/mol. The lowest BCUT2D eigenvalue weighted by Crippen LogP contribution is -2.12. The van der Waals surface area contributed by atoms with E-state index in [2.05, 4.69) is 13.5 Å². The minimum atomic E-state index is 1.01. The van der Waals surface area contributed by atoms with E-state index in [-0.39, 0.29) is 0 Å². The molecule has 0 atom stereocenters. The molecule has 0 bridgehead atoms. The van der Waals surface area contributed by atoms with Gasteiger partial charge < -0.3 is 0 Å². The second-order valence-corrected chi connectivity index (χ2v) is 2.81. The van der Waals surface area contributed by atoms with Crippen LogP contribution in [0.4, 0.5) is 0 Å². The van der Waals surface area contributed by atoms with Crippen molar-refractivity contribution in [3.05, 3.63) is 12.2 Å². The van der Waals surface area contributed by atoms with Gasteiger partial charge in [-0.05, 0) is 18.8 Å². The first-order valence-electron chi connectivity index (χ1n) is 3.49. The Morgan fingerprint density at radius 2 is 2.25 bits per heavy atom. The van der Waals surface area contributed by atoms with Crippen LogP contribution in [0.2, 0.25) is 0 Å². The molecule has 0 N–H and O–H groups in total. The van der Waals surface area contributed by atoms with E-state index < -0.39 is 0 Å². The Labute approximate surface area is 51.6 Å². The zero-order valence-electron chi connectivity index (χ0n) is 5.61. The van der Waals surface area contributed by atoms with E-state index >= 15 is 0 Å². The fourth-order valence-electron chi connectivity index (χ4n) is 1.37. The van der Waals surface area contributed by atoms with Crippen molar-refractivity contribution in [2.75, 3.05) is 0 Å². The third-order valence-electron chi connectivity index (χ3n) is 1.85. The van der Waals surface area contributed by atoms with Gasteiger partial charge in [-0.25, -0.2) is 0 Å². The highest BCUT2D eigenvalue weighted by Crippen LogP contribution is 2.34. The standard InChI is InChI=1S/C8H14/c1-3-4-8-5-7(2)6-8/h8H,2-6H2,1H3. The maximum absolute atomic E-state index is 3.89. The zero-order chi connectivity index (χ0) is 5.98. The van der Waals surface area contributed by atoms with Gasteiger partial charge in [0.2, 0.25) is 0 Å². The van der Waals surface area contributed by atoms with E-state index in [9.17, 15) is 0 Å². The summed E-state index contributed by atoms with van der Waals surface area (Å²) in [6.45, 7) is 6.14.